The first kappa shape index (κ1) is 14.0. The lowest BCUT2D eigenvalue weighted by Gasteiger charge is -2.01. The Bertz CT molecular complexity index is 331. The summed E-state index contributed by atoms with van der Waals surface area (Å²) in [7, 11) is 0. The van der Waals surface area contributed by atoms with Gasteiger partial charge in [-0.3, -0.25) is 0 Å². The van der Waals surface area contributed by atoms with Crippen molar-refractivity contribution in [3.05, 3.63) is 35.8 Å². The second-order valence-corrected chi connectivity index (χ2v) is 4.36. The van der Waals surface area contributed by atoms with Gasteiger partial charge < -0.3 is 14.5 Å². The van der Waals surface area contributed by atoms with Gasteiger partial charge in [0.25, 0.3) is 0 Å². The predicted octanol–water partition coefficient (Wildman–Crippen LogP) is 3.26. The van der Waals surface area contributed by atoms with Gasteiger partial charge in [-0.25, -0.2) is 0 Å². The van der Waals surface area contributed by atoms with Crippen LogP contribution >= 0.6 is 0 Å². The molecule has 0 aromatic carbocycles. The van der Waals surface area contributed by atoms with E-state index in [2.05, 4.69) is 18.8 Å². The molecule has 0 spiro atoms. The van der Waals surface area contributed by atoms with Crippen LogP contribution in [0.1, 0.15) is 38.0 Å². The highest BCUT2D eigenvalue weighted by atomic mass is 16.5. The molecular formula is C14H23NO2. The van der Waals surface area contributed by atoms with E-state index in [1.165, 1.54) is 5.56 Å². The molecule has 0 unspecified atom stereocenters. The maximum Gasteiger partial charge on any atom is 0.129 e. The van der Waals surface area contributed by atoms with E-state index in [9.17, 15) is 0 Å². The molecule has 17 heavy (non-hydrogen) atoms. The molecule has 0 bridgehead atoms. The lowest BCUT2D eigenvalue weighted by molar-refractivity contribution is 0.109. The third kappa shape index (κ3) is 6.29. The summed E-state index contributed by atoms with van der Waals surface area (Å²) in [6.45, 7) is 11.1. The van der Waals surface area contributed by atoms with Gasteiger partial charge in [-0.15, -0.1) is 6.58 Å². The number of furan rings is 1. The zero-order valence-corrected chi connectivity index (χ0v) is 10.9. The van der Waals surface area contributed by atoms with E-state index < -0.39 is 0 Å². The summed E-state index contributed by atoms with van der Waals surface area (Å²) < 4.78 is 10.9. The van der Waals surface area contributed by atoms with Crippen LogP contribution < -0.4 is 5.32 Å². The van der Waals surface area contributed by atoms with Crippen molar-refractivity contribution in [2.45, 2.75) is 39.8 Å². The Morgan fingerprint density at radius 3 is 3.06 bits per heavy atom. The largest absolute Gasteiger partial charge is 0.467 e. The summed E-state index contributed by atoms with van der Waals surface area (Å²) in [4.78, 5) is 0. The minimum Gasteiger partial charge on any atom is -0.467 e. The van der Waals surface area contributed by atoms with E-state index in [0.717, 1.165) is 37.3 Å². The van der Waals surface area contributed by atoms with Crippen molar-refractivity contribution < 1.29 is 9.15 Å². The highest BCUT2D eigenvalue weighted by molar-refractivity contribution is 5.11. The smallest absolute Gasteiger partial charge is 0.129 e. The Morgan fingerprint density at radius 2 is 2.35 bits per heavy atom. The molecule has 0 amide bonds. The molecule has 0 saturated heterocycles. The molecule has 96 valence electrons. The first-order valence-electron chi connectivity index (χ1n) is 6.21. The van der Waals surface area contributed by atoms with Crippen LogP contribution in [0.25, 0.3) is 0 Å². The fourth-order valence-corrected chi connectivity index (χ4v) is 1.42. The van der Waals surface area contributed by atoms with Crippen LogP contribution in [0, 0.1) is 0 Å². The molecule has 1 aromatic heterocycles. The van der Waals surface area contributed by atoms with Gasteiger partial charge in [0, 0.05) is 12.1 Å². The van der Waals surface area contributed by atoms with Crippen LogP contribution in [0.15, 0.2) is 28.9 Å². The first-order valence-corrected chi connectivity index (χ1v) is 6.21. The van der Waals surface area contributed by atoms with Crippen molar-refractivity contribution in [3.63, 3.8) is 0 Å². The van der Waals surface area contributed by atoms with E-state index in [0.29, 0.717) is 13.2 Å². The predicted molar refractivity (Wildman–Crippen MR) is 69.8 cm³/mol. The number of nitrogens with one attached hydrogen (secondary N) is 1. The van der Waals surface area contributed by atoms with Crippen molar-refractivity contribution in [1.82, 2.24) is 5.32 Å². The Hall–Kier alpha value is -1.06. The van der Waals surface area contributed by atoms with Crippen LogP contribution in [0.3, 0.4) is 0 Å². The molecule has 1 heterocycles. The topological polar surface area (TPSA) is 34.4 Å². The van der Waals surface area contributed by atoms with Crippen molar-refractivity contribution in [2.24, 2.45) is 0 Å². The molecule has 1 N–H and O–H groups in total. The summed E-state index contributed by atoms with van der Waals surface area (Å²) in [6.07, 6.45) is 3.85. The second kappa shape index (κ2) is 8.09. The molecule has 0 radical (unpaired) electrons. The summed E-state index contributed by atoms with van der Waals surface area (Å²) in [5, 5.41) is 3.33. The van der Waals surface area contributed by atoms with Crippen LogP contribution in [-0.2, 0) is 17.9 Å². The van der Waals surface area contributed by atoms with Crippen molar-refractivity contribution in [1.29, 1.82) is 0 Å². The van der Waals surface area contributed by atoms with Gasteiger partial charge in [0.05, 0.1) is 12.9 Å². The van der Waals surface area contributed by atoms with Crippen molar-refractivity contribution in [2.75, 3.05) is 13.2 Å². The third-order valence-electron chi connectivity index (χ3n) is 2.38. The minimum atomic E-state index is 0.543. The summed E-state index contributed by atoms with van der Waals surface area (Å²) >= 11 is 0. The lowest BCUT2D eigenvalue weighted by Crippen LogP contribution is -2.13. The minimum absolute atomic E-state index is 0.543. The standard InChI is InChI=1S/C14H23NO2/c1-4-6-15-9-13-8-14(17-10-13)11-16-7-5-12(2)3/h8,10,15H,2,4-7,9,11H2,1,3H3. The molecule has 0 saturated carbocycles. The van der Waals surface area contributed by atoms with Gasteiger partial charge >= 0.3 is 0 Å². The maximum absolute atomic E-state index is 5.49. The quantitative estimate of drug-likeness (QED) is 0.529. The fourth-order valence-electron chi connectivity index (χ4n) is 1.42. The molecule has 0 atom stereocenters. The molecule has 1 aromatic rings. The van der Waals surface area contributed by atoms with E-state index >= 15 is 0 Å². The first-order chi connectivity index (χ1) is 8.22. The van der Waals surface area contributed by atoms with E-state index in [1.54, 1.807) is 6.26 Å². The third-order valence-corrected chi connectivity index (χ3v) is 2.38. The fraction of sp³-hybridized carbons (Fsp3) is 0.571. The summed E-state index contributed by atoms with van der Waals surface area (Å²) in [5.74, 6) is 0.889. The SMILES string of the molecule is C=C(C)CCOCc1cc(CNCCC)co1. The zero-order chi connectivity index (χ0) is 12.5. The van der Waals surface area contributed by atoms with Crippen LogP contribution in [0.4, 0.5) is 0 Å². The Morgan fingerprint density at radius 1 is 1.53 bits per heavy atom. The zero-order valence-electron chi connectivity index (χ0n) is 10.9. The highest BCUT2D eigenvalue weighted by Gasteiger charge is 2.01. The van der Waals surface area contributed by atoms with E-state index in [1.807, 2.05) is 13.0 Å². The van der Waals surface area contributed by atoms with Gasteiger partial charge in [0.15, 0.2) is 0 Å². The monoisotopic (exact) mass is 237 g/mol. The van der Waals surface area contributed by atoms with Gasteiger partial charge in [-0.05, 0) is 32.4 Å². The molecule has 1 rings (SSSR count). The number of hydrogen-bond donors (Lipinski definition) is 1. The number of ether oxygens (including phenoxy) is 1. The van der Waals surface area contributed by atoms with Crippen molar-refractivity contribution in [3.8, 4) is 0 Å². The van der Waals surface area contributed by atoms with Crippen LogP contribution in [-0.4, -0.2) is 13.2 Å². The molecule has 3 nitrogen and oxygen atoms in total. The Kier molecular flexibility index (Phi) is 6.67. The summed E-state index contributed by atoms with van der Waals surface area (Å²) in [6, 6.07) is 2.05. The second-order valence-electron chi connectivity index (χ2n) is 4.36. The van der Waals surface area contributed by atoms with E-state index in [4.69, 9.17) is 9.15 Å². The van der Waals surface area contributed by atoms with Gasteiger partial charge in [-0.1, -0.05) is 12.5 Å². The molecular weight excluding hydrogens is 214 g/mol. The Labute approximate surface area is 104 Å². The maximum atomic E-state index is 5.49. The van der Waals surface area contributed by atoms with Gasteiger partial charge in [0.2, 0.25) is 0 Å². The summed E-state index contributed by atoms with van der Waals surface area (Å²) in [5.41, 5.74) is 2.32. The van der Waals surface area contributed by atoms with Gasteiger partial charge in [-0.2, -0.15) is 0 Å². The normalized spacial score (nSPS) is 10.7. The molecule has 0 aliphatic rings. The average Bonchev–Trinajstić information content (AvgIpc) is 2.73. The highest BCUT2D eigenvalue weighted by Crippen LogP contribution is 2.09. The number of rotatable bonds is 9. The molecule has 0 fully saturated rings. The Balaban J connectivity index is 2.18. The van der Waals surface area contributed by atoms with Crippen LogP contribution in [0.2, 0.25) is 0 Å². The van der Waals surface area contributed by atoms with Crippen LogP contribution in [0.5, 0.6) is 0 Å². The molecule has 0 aliphatic carbocycles. The van der Waals surface area contributed by atoms with Gasteiger partial charge in [0.1, 0.15) is 12.4 Å². The van der Waals surface area contributed by atoms with Crippen molar-refractivity contribution >= 4 is 0 Å². The molecule has 0 aliphatic heterocycles. The lowest BCUT2D eigenvalue weighted by atomic mass is 10.3. The number of hydrogen-bond acceptors (Lipinski definition) is 3. The molecule has 3 heteroatoms. The van der Waals surface area contributed by atoms with E-state index in [-0.39, 0.29) is 0 Å². The average molecular weight is 237 g/mol.